The molecule has 0 bridgehead atoms. The van der Waals surface area contributed by atoms with Crippen LogP contribution in [0.2, 0.25) is 0 Å². The van der Waals surface area contributed by atoms with Gasteiger partial charge >= 0.3 is 0 Å². The van der Waals surface area contributed by atoms with Crippen molar-refractivity contribution in [3.05, 3.63) is 106 Å². The lowest BCUT2D eigenvalue weighted by Crippen LogP contribution is -2.22. The van der Waals surface area contributed by atoms with E-state index in [1.165, 1.54) is 112 Å². The Labute approximate surface area is 308 Å². The molecule has 0 saturated carbocycles. The van der Waals surface area contributed by atoms with Crippen molar-refractivity contribution in [3.8, 4) is 0 Å². The number of nitrogen functional groups attached to an aromatic ring is 2. The van der Waals surface area contributed by atoms with Crippen molar-refractivity contribution in [2.45, 2.75) is 136 Å². The summed E-state index contributed by atoms with van der Waals surface area (Å²) in [5.74, 6) is -0.264. The number of nitrogens with two attached hydrogens (primary N) is 2. The summed E-state index contributed by atoms with van der Waals surface area (Å²) in [6.45, 7) is 4.50. The number of anilines is 2. The van der Waals surface area contributed by atoms with E-state index in [0.29, 0.717) is 33.6 Å². The highest BCUT2D eigenvalue weighted by molar-refractivity contribution is 8.00. The van der Waals surface area contributed by atoms with Crippen molar-refractivity contribution in [2.75, 3.05) is 11.5 Å². The van der Waals surface area contributed by atoms with E-state index >= 15 is 0 Å². The van der Waals surface area contributed by atoms with Crippen LogP contribution < -0.4 is 11.5 Å². The van der Waals surface area contributed by atoms with Crippen molar-refractivity contribution in [1.82, 2.24) is 0 Å². The van der Waals surface area contributed by atoms with E-state index in [4.69, 9.17) is 11.5 Å². The molecule has 1 aliphatic carbocycles. The van der Waals surface area contributed by atoms with Gasteiger partial charge < -0.3 is 11.5 Å². The van der Waals surface area contributed by atoms with E-state index in [1.54, 1.807) is 12.1 Å². The normalized spacial score (nSPS) is 12.3. The van der Waals surface area contributed by atoms with Gasteiger partial charge in [0.05, 0.1) is 0 Å². The van der Waals surface area contributed by atoms with Crippen molar-refractivity contribution in [1.29, 1.82) is 0 Å². The lowest BCUT2D eigenvalue weighted by atomic mass is 9.84. The maximum atomic E-state index is 14.4. The Bertz CT molecular complexity index is 1640. The van der Waals surface area contributed by atoms with Gasteiger partial charge in [0.2, 0.25) is 0 Å². The molecule has 1 aliphatic rings. The zero-order valence-corrected chi connectivity index (χ0v) is 31.7. The molecule has 0 saturated heterocycles. The lowest BCUT2D eigenvalue weighted by molar-refractivity contribution is 0.0974. The van der Waals surface area contributed by atoms with Crippen molar-refractivity contribution >= 4 is 46.5 Å². The summed E-state index contributed by atoms with van der Waals surface area (Å²) in [7, 11) is 0. The minimum atomic E-state index is -0.135. The fraction of sp³-hybridized carbons (Fsp3) is 0.409. The molecule has 4 N–H and O–H groups in total. The Hall–Kier alpha value is -3.48. The van der Waals surface area contributed by atoms with Crippen LogP contribution >= 0.6 is 23.5 Å². The molecule has 0 atom stereocenters. The highest BCUT2D eigenvalue weighted by Crippen LogP contribution is 2.43. The van der Waals surface area contributed by atoms with Crippen LogP contribution in [0.1, 0.15) is 147 Å². The Kier molecular flexibility index (Phi) is 14.5. The number of aryl methyl sites for hydroxylation is 2. The first-order valence-corrected chi connectivity index (χ1v) is 20.5. The van der Waals surface area contributed by atoms with Crippen molar-refractivity contribution < 1.29 is 9.59 Å². The van der Waals surface area contributed by atoms with E-state index < -0.39 is 0 Å². The standard InChI is InChI=1S/C44H54N2O2S2/c1-3-5-7-9-11-13-15-19-31-25-27-37(35(45)29-31)49-39-23-17-21-33-41(39)44(48)42-34(43(33)47)22-18-24-40(42)50-38-28-26-32(30-36(38)46)20-16-14-12-10-8-6-4-2/h17-18,21-30H,3-16,19-20,45-46H2,1-2H3. The number of benzene rings is 4. The maximum Gasteiger partial charge on any atom is 0.196 e. The molecule has 5 rings (SSSR count). The van der Waals surface area contributed by atoms with Gasteiger partial charge in [0.25, 0.3) is 0 Å². The predicted octanol–water partition coefficient (Wildman–Crippen LogP) is 12.5. The highest BCUT2D eigenvalue weighted by Gasteiger charge is 2.34. The number of hydrogen-bond donors (Lipinski definition) is 2. The van der Waals surface area contributed by atoms with Crippen molar-refractivity contribution in [3.63, 3.8) is 0 Å². The van der Waals surface area contributed by atoms with Crippen molar-refractivity contribution in [2.24, 2.45) is 0 Å². The molecule has 6 heteroatoms. The molecular weight excluding hydrogens is 653 g/mol. The van der Waals surface area contributed by atoms with Crippen LogP contribution in [0.5, 0.6) is 0 Å². The van der Waals surface area contributed by atoms with Crippen LogP contribution in [0.25, 0.3) is 0 Å². The topological polar surface area (TPSA) is 86.2 Å². The summed E-state index contributed by atoms with van der Waals surface area (Å²) in [6, 6.07) is 23.6. The van der Waals surface area contributed by atoms with Crippen LogP contribution in [-0.2, 0) is 12.8 Å². The fourth-order valence-electron chi connectivity index (χ4n) is 6.85. The quantitative estimate of drug-likeness (QED) is 0.0619. The smallest absolute Gasteiger partial charge is 0.196 e. The Morgan fingerprint density at radius 2 is 0.860 bits per heavy atom. The number of carbonyl (C=O) groups is 2. The van der Waals surface area contributed by atoms with Crippen LogP contribution in [0.3, 0.4) is 0 Å². The van der Waals surface area contributed by atoms with E-state index in [-0.39, 0.29) is 11.6 Å². The first-order valence-electron chi connectivity index (χ1n) is 18.9. The summed E-state index contributed by atoms with van der Waals surface area (Å²) in [5, 5.41) is 0. The average Bonchev–Trinajstić information content (AvgIpc) is 3.12. The molecular formula is C44H54N2O2S2. The summed E-state index contributed by atoms with van der Waals surface area (Å²) in [6.07, 6.45) is 19.9. The van der Waals surface area contributed by atoms with Crippen LogP contribution in [-0.4, -0.2) is 11.6 Å². The van der Waals surface area contributed by atoms with Gasteiger partial charge in [-0.2, -0.15) is 0 Å². The van der Waals surface area contributed by atoms with Gasteiger partial charge in [-0.25, -0.2) is 0 Å². The highest BCUT2D eigenvalue weighted by atomic mass is 32.2. The van der Waals surface area contributed by atoms with E-state index in [0.717, 1.165) is 45.3 Å². The molecule has 0 unspecified atom stereocenters. The molecule has 0 heterocycles. The van der Waals surface area contributed by atoms with Gasteiger partial charge in [0.1, 0.15) is 0 Å². The third-order valence-electron chi connectivity index (χ3n) is 9.72. The number of hydrogen-bond acceptors (Lipinski definition) is 6. The number of rotatable bonds is 20. The van der Waals surface area contributed by atoms with Crippen LogP contribution in [0, 0.1) is 0 Å². The summed E-state index contributed by atoms with van der Waals surface area (Å²) in [5.41, 5.74) is 18.8. The molecule has 50 heavy (non-hydrogen) atoms. The van der Waals surface area contributed by atoms with Gasteiger partial charge in [0.15, 0.2) is 11.6 Å². The second kappa shape index (κ2) is 19.2. The van der Waals surface area contributed by atoms with Gasteiger partial charge in [-0.3, -0.25) is 9.59 Å². The largest absolute Gasteiger partial charge is 0.398 e. The Balaban J connectivity index is 1.28. The van der Waals surface area contributed by atoms with Gasteiger partial charge in [-0.15, -0.1) is 0 Å². The second-order valence-corrected chi connectivity index (χ2v) is 15.9. The monoisotopic (exact) mass is 706 g/mol. The van der Waals surface area contributed by atoms with Gasteiger partial charge in [0, 0.05) is 53.2 Å². The fourth-order valence-corrected chi connectivity index (χ4v) is 8.85. The second-order valence-electron chi connectivity index (χ2n) is 13.7. The summed E-state index contributed by atoms with van der Waals surface area (Å²) >= 11 is 2.92. The molecule has 4 nitrogen and oxygen atoms in total. The Morgan fingerprint density at radius 3 is 1.26 bits per heavy atom. The molecule has 4 aromatic rings. The van der Waals surface area contributed by atoms with Crippen LogP contribution in [0.15, 0.2) is 92.4 Å². The molecule has 0 aromatic heterocycles. The number of fused-ring (bicyclic) bond motifs is 2. The number of unbranched alkanes of at least 4 members (excludes halogenated alkanes) is 12. The molecule has 4 aromatic carbocycles. The average molecular weight is 707 g/mol. The molecule has 0 spiro atoms. The minimum absolute atomic E-state index is 0.129. The van der Waals surface area contributed by atoms with E-state index in [2.05, 4.69) is 50.2 Å². The maximum absolute atomic E-state index is 14.4. The zero-order valence-electron chi connectivity index (χ0n) is 30.0. The summed E-state index contributed by atoms with van der Waals surface area (Å²) in [4.78, 5) is 31.5. The van der Waals surface area contributed by atoms with E-state index in [9.17, 15) is 9.59 Å². The van der Waals surface area contributed by atoms with Gasteiger partial charge in [-0.1, -0.05) is 151 Å². The molecule has 264 valence electrons. The SMILES string of the molecule is CCCCCCCCCc1ccc(Sc2cccc3c2C(=O)c2c(Sc4ccc(CCCCCCCCC)cc4N)cccc2C3=O)c(N)c1. The molecule has 0 fully saturated rings. The zero-order chi connectivity index (χ0) is 35.3. The van der Waals surface area contributed by atoms with Crippen LogP contribution in [0.4, 0.5) is 11.4 Å². The van der Waals surface area contributed by atoms with Gasteiger partial charge in [-0.05, 0) is 73.2 Å². The molecule has 0 amide bonds. The molecule has 0 aliphatic heterocycles. The Morgan fingerprint density at radius 1 is 0.460 bits per heavy atom. The first kappa shape index (κ1) is 37.8. The van der Waals surface area contributed by atoms with E-state index in [1.807, 2.05) is 24.3 Å². The predicted molar refractivity (Wildman–Crippen MR) is 213 cm³/mol. The number of carbonyl (C=O) groups excluding carboxylic acids is 2. The third kappa shape index (κ3) is 9.85. The minimum Gasteiger partial charge on any atom is -0.398 e. The third-order valence-corrected chi connectivity index (χ3v) is 12.0. The first-order chi connectivity index (χ1) is 24.4. The lowest BCUT2D eigenvalue weighted by Gasteiger charge is -2.22. The summed E-state index contributed by atoms with van der Waals surface area (Å²) < 4.78 is 0. The number of ketones is 2. The molecule has 0 radical (unpaired) electrons.